The van der Waals surface area contributed by atoms with Crippen LogP contribution in [0.25, 0.3) is 22.3 Å². The number of hydrogen-bond acceptors (Lipinski definition) is 15. The van der Waals surface area contributed by atoms with E-state index in [4.69, 9.17) is 46.4 Å². The zero-order valence-corrected chi connectivity index (χ0v) is 38.5. The highest BCUT2D eigenvalue weighted by atomic mass is 35.5. The van der Waals surface area contributed by atoms with Crippen molar-refractivity contribution in [2.45, 2.75) is 124 Å². The first kappa shape index (κ1) is 48.9. The molecule has 1 aliphatic rings. The number of pyridine rings is 1. The fourth-order valence-electron chi connectivity index (χ4n) is 7.01. The van der Waals surface area contributed by atoms with Crippen molar-refractivity contribution in [1.29, 1.82) is 0 Å². The second-order valence-corrected chi connectivity index (χ2v) is 17.5. The Hall–Kier alpha value is -6.16. The van der Waals surface area contributed by atoms with Crippen LogP contribution in [0.2, 0.25) is 5.28 Å². The molecule has 64 heavy (non-hydrogen) atoms. The Morgan fingerprint density at radius 3 is 2.12 bits per heavy atom. The Balaban J connectivity index is 1.56. The zero-order valence-electron chi connectivity index (χ0n) is 37.7. The Kier molecular flexibility index (Phi) is 14.4. The van der Waals surface area contributed by atoms with E-state index in [2.05, 4.69) is 20.9 Å². The summed E-state index contributed by atoms with van der Waals surface area (Å²) in [6.07, 6.45) is 2.71. The average molecular weight is 905 g/mol. The van der Waals surface area contributed by atoms with E-state index in [9.17, 15) is 28.8 Å². The Labute approximate surface area is 375 Å². The summed E-state index contributed by atoms with van der Waals surface area (Å²) < 4.78 is 38.1. The minimum absolute atomic E-state index is 0.0775. The molecule has 0 bridgehead atoms. The van der Waals surface area contributed by atoms with E-state index in [-0.39, 0.29) is 29.8 Å². The number of fused-ring (bicyclic) bond motifs is 1. The number of benzene rings is 1. The molecule has 2 amide bonds. The molecule has 0 aliphatic carbocycles. The third kappa shape index (κ3) is 10.3. The number of ketones is 1. The highest BCUT2D eigenvalue weighted by Crippen LogP contribution is 2.47. The SMILES string of the molecule is C#C[C@@]1(C)[C@@H](COC(Cc2ccc(-c3cccn(CC)c3=O)cc2)(C(C)=O)C(=O)OCC)O[C@@H](n2cnc3c(N(C(=O)OC(C)(C)C)C(=O)OC(C)(C)C)nc(Cl)nc32)[C@@H]1OC(C)=O. The average Bonchev–Trinajstić information content (AvgIpc) is 3.73. The number of rotatable bonds is 13. The van der Waals surface area contributed by atoms with Crippen molar-refractivity contribution in [2.75, 3.05) is 18.1 Å². The van der Waals surface area contributed by atoms with Crippen LogP contribution in [0.4, 0.5) is 15.4 Å². The van der Waals surface area contributed by atoms with Crippen molar-refractivity contribution in [3.8, 4) is 23.5 Å². The van der Waals surface area contributed by atoms with E-state index in [0.717, 1.165) is 0 Å². The molecule has 1 aromatic carbocycles. The molecular formula is C45H53ClN6O12. The molecule has 1 fully saturated rings. The summed E-state index contributed by atoms with van der Waals surface area (Å²) in [7, 11) is 0. The summed E-state index contributed by atoms with van der Waals surface area (Å²) in [5.74, 6) is -0.111. The first-order valence-electron chi connectivity index (χ1n) is 20.5. The lowest BCUT2D eigenvalue weighted by Gasteiger charge is -2.33. The second-order valence-electron chi connectivity index (χ2n) is 17.2. The number of aryl methyl sites for hydroxylation is 1. The predicted molar refractivity (Wildman–Crippen MR) is 233 cm³/mol. The molecule has 0 spiro atoms. The minimum Gasteiger partial charge on any atom is -0.463 e. The van der Waals surface area contributed by atoms with Crippen molar-refractivity contribution >= 4 is 58.5 Å². The van der Waals surface area contributed by atoms with E-state index in [1.54, 1.807) is 103 Å². The molecule has 0 saturated carbocycles. The Morgan fingerprint density at radius 1 is 0.969 bits per heavy atom. The van der Waals surface area contributed by atoms with Gasteiger partial charge in [-0.25, -0.2) is 19.4 Å². The third-order valence-corrected chi connectivity index (χ3v) is 10.3. The molecule has 4 heterocycles. The number of Topliss-reactive ketones (excluding diaryl/α,β-unsaturated/α-hetero) is 1. The van der Waals surface area contributed by atoms with Crippen LogP contribution in [-0.2, 0) is 55.8 Å². The maximum atomic E-state index is 13.9. The molecule has 19 heteroatoms. The van der Waals surface area contributed by atoms with Crippen LogP contribution in [0, 0.1) is 17.8 Å². The van der Waals surface area contributed by atoms with Gasteiger partial charge < -0.3 is 33.0 Å². The normalized spacial score (nSPS) is 19.6. The summed E-state index contributed by atoms with van der Waals surface area (Å²) in [4.78, 5) is 94.0. The van der Waals surface area contributed by atoms with Gasteiger partial charge in [0.15, 0.2) is 35.1 Å². The number of halogens is 1. The standard InChI is InChI=1S/C45H53ClN6O12/c1-13-44(12)31(24-60-45(26(4)53,38(56)59-15-3)23-28-18-20-29(21-19-28)30-17-16-22-50(14-2)36(30)55)62-37(33(44)61-27(5)54)51-25-47-32-34(51)48-39(46)49-35(32)52(40(57)63-42(6,7)8)41(58)64-43(9,10)11/h1,16-22,25,31,33,37H,14-15,23-24H2,2-12H3/t31-,33+,37-,44+,45?/m1/s1. The number of imide groups is 1. The van der Waals surface area contributed by atoms with Gasteiger partial charge in [0.25, 0.3) is 5.56 Å². The summed E-state index contributed by atoms with van der Waals surface area (Å²) in [5, 5.41) is -0.432. The number of anilines is 1. The number of hydrogen-bond donors (Lipinski definition) is 0. The molecule has 5 rings (SSSR count). The molecule has 0 N–H and O–H groups in total. The number of esters is 2. The van der Waals surface area contributed by atoms with Crippen molar-refractivity contribution in [3.05, 3.63) is 70.1 Å². The maximum Gasteiger partial charge on any atom is 0.425 e. The molecule has 5 atom stereocenters. The van der Waals surface area contributed by atoms with Crippen LogP contribution >= 0.6 is 11.6 Å². The number of terminal acetylenes is 1. The lowest BCUT2D eigenvalue weighted by molar-refractivity contribution is -0.182. The van der Waals surface area contributed by atoms with Gasteiger partial charge in [-0.3, -0.25) is 19.0 Å². The van der Waals surface area contributed by atoms with Gasteiger partial charge in [0.1, 0.15) is 17.3 Å². The first-order chi connectivity index (χ1) is 29.9. The Bertz CT molecular complexity index is 2510. The lowest BCUT2D eigenvalue weighted by Crippen LogP contribution is -2.53. The van der Waals surface area contributed by atoms with Crippen LogP contribution in [0.15, 0.2) is 53.7 Å². The number of nitrogens with zero attached hydrogens (tertiary/aromatic N) is 6. The third-order valence-electron chi connectivity index (χ3n) is 10.2. The van der Waals surface area contributed by atoms with Gasteiger partial charge >= 0.3 is 24.1 Å². The van der Waals surface area contributed by atoms with Crippen molar-refractivity contribution in [3.63, 3.8) is 0 Å². The van der Waals surface area contributed by atoms with Gasteiger partial charge in [0.2, 0.25) is 10.9 Å². The van der Waals surface area contributed by atoms with Crippen molar-refractivity contribution < 1.29 is 52.4 Å². The maximum absolute atomic E-state index is 13.9. The van der Waals surface area contributed by atoms with E-state index >= 15 is 0 Å². The molecule has 1 unspecified atom stereocenters. The van der Waals surface area contributed by atoms with Gasteiger partial charge in [-0.1, -0.05) is 30.2 Å². The molecule has 342 valence electrons. The smallest absolute Gasteiger partial charge is 0.425 e. The van der Waals surface area contributed by atoms with Gasteiger partial charge in [-0.05, 0) is 104 Å². The minimum atomic E-state index is -2.21. The number of amides is 2. The van der Waals surface area contributed by atoms with Crippen molar-refractivity contribution in [1.82, 2.24) is 24.1 Å². The van der Waals surface area contributed by atoms with Gasteiger partial charge in [0.05, 0.1) is 25.0 Å². The quantitative estimate of drug-likeness (QED) is 0.0454. The molecule has 1 saturated heterocycles. The predicted octanol–water partition coefficient (Wildman–Crippen LogP) is 6.62. The Morgan fingerprint density at radius 2 is 1.59 bits per heavy atom. The monoisotopic (exact) mass is 904 g/mol. The summed E-state index contributed by atoms with van der Waals surface area (Å²) in [6, 6.07) is 10.3. The number of aromatic nitrogens is 5. The van der Waals surface area contributed by atoms with Crippen LogP contribution < -0.4 is 10.5 Å². The van der Waals surface area contributed by atoms with E-state index < -0.39 is 88.3 Å². The van der Waals surface area contributed by atoms with E-state index in [1.807, 2.05) is 6.92 Å². The lowest BCUT2D eigenvalue weighted by atomic mass is 9.81. The number of imidazole rings is 1. The molecule has 3 aromatic heterocycles. The fourth-order valence-corrected chi connectivity index (χ4v) is 7.17. The van der Waals surface area contributed by atoms with Crippen LogP contribution in [0.5, 0.6) is 0 Å². The fraction of sp³-hybridized carbons (Fsp3) is 0.489. The van der Waals surface area contributed by atoms with Crippen molar-refractivity contribution in [2.24, 2.45) is 5.41 Å². The van der Waals surface area contributed by atoms with Crippen LogP contribution in [-0.4, -0.2) is 96.2 Å². The van der Waals surface area contributed by atoms with E-state index in [0.29, 0.717) is 28.1 Å². The number of carbonyl (C=O) groups is 5. The largest absolute Gasteiger partial charge is 0.463 e. The van der Waals surface area contributed by atoms with Crippen LogP contribution in [0.1, 0.15) is 88.0 Å². The summed E-state index contributed by atoms with van der Waals surface area (Å²) in [5.41, 5.74) is -4.65. The van der Waals surface area contributed by atoms with Gasteiger partial charge in [-0.2, -0.15) is 14.9 Å². The van der Waals surface area contributed by atoms with Crippen LogP contribution in [0.3, 0.4) is 0 Å². The van der Waals surface area contributed by atoms with Gasteiger partial charge in [-0.15, -0.1) is 6.42 Å². The summed E-state index contributed by atoms with van der Waals surface area (Å²) >= 11 is 6.46. The highest BCUT2D eigenvalue weighted by molar-refractivity contribution is 6.29. The van der Waals surface area contributed by atoms with E-state index in [1.165, 1.54) is 24.7 Å². The zero-order chi connectivity index (χ0) is 47.5. The molecule has 4 aromatic rings. The first-order valence-corrected chi connectivity index (χ1v) is 20.8. The molecular weight excluding hydrogens is 852 g/mol. The molecule has 18 nitrogen and oxygen atoms in total. The topological polar surface area (TPSA) is 210 Å². The molecule has 1 aliphatic heterocycles. The summed E-state index contributed by atoms with van der Waals surface area (Å²) in [6.45, 7) is 16.9. The number of carbonyl (C=O) groups excluding carboxylic acids is 5. The van der Waals surface area contributed by atoms with Gasteiger partial charge in [0, 0.05) is 31.6 Å². The second kappa shape index (κ2) is 18.9. The number of ether oxygens (including phenoxy) is 6. The highest BCUT2D eigenvalue weighted by Gasteiger charge is 2.58. The molecule has 0 radical (unpaired) electrons.